The van der Waals surface area contributed by atoms with Crippen molar-refractivity contribution in [3.63, 3.8) is 0 Å². The van der Waals surface area contributed by atoms with E-state index in [9.17, 15) is 4.79 Å². The van der Waals surface area contributed by atoms with Crippen molar-refractivity contribution in [2.24, 2.45) is 11.8 Å². The second kappa shape index (κ2) is 9.99. The van der Waals surface area contributed by atoms with E-state index in [1.54, 1.807) is 6.33 Å². The van der Waals surface area contributed by atoms with Crippen molar-refractivity contribution < 1.29 is 4.79 Å². The number of hydrazine groups is 1. The van der Waals surface area contributed by atoms with E-state index in [2.05, 4.69) is 42.5 Å². The first-order chi connectivity index (χ1) is 12.2. The minimum absolute atomic E-state index is 0.296. The fraction of sp³-hybridized carbons (Fsp3) is 0.500. The number of aromatic nitrogens is 2. The lowest BCUT2D eigenvalue weighted by molar-refractivity contribution is 0.0944. The zero-order valence-corrected chi connectivity index (χ0v) is 15.4. The van der Waals surface area contributed by atoms with Crippen molar-refractivity contribution in [2.75, 3.05) is 0 Å². The Morgan fingerprint density at radius 2 is 2.04 bits per heavy atom. The number of hydrogen-bond acceptors (Lipinski definition) is 3. The summed E-state index contributed by atoms with van der Waals surface area (Å²) >= 11 is 0. The number of aryl methyl sites for hydroxylation is 1. The van der Waals surface area contributed by atoms with Crippen LogP contribution in [0.15, 0.2) is 36.7 Å². The van der Waals surface area contributed by atoms with Crippen LogP contribution in [0.3, 0.4) is 0 Å². The number of imidazole rings is 1. The molecule has 1 unspecified atom stereocenters. The van der Waals surface area contributed by atoms with Gasteiger partial charge in [0, 0.05) is 12.1 Å². The number of amides is 1. The highest BCUT2D eigenvalue weighted by Gasteiger charge is 2.20. The van der Waals surface area contributed by atoms with Crippen LogP contribution >= 0.6 is 0 Å². The lowest BCUT2D eigenvalue weighted by Crippen LogP contribution is -2.32. The molecule has 25 heavy (non-hydrogen) atoms. The Labute approximate surface area is 150 Å². The predicted molar refractivity (Wildman–Crippen MR) is 103 cm³/mol. The Morgan fingerprint density at radius 3 is 2.76 bits per heavy atom. The molecule has 0 saturated heterocycles. The van der Waals surface area contributed by atoms with Gasteiger partial charge in [0.25, 0.3) is 5.91 Å². The van der Waals surface area contributed by atoms with Crippen molar-refractivity contribution in [1.29, 1.82) is 0 Å². The van der Waals surface area contributed by atoms with Crippen molar-refractivity contribution >= 4 is 11.5 Å². The number of unbranched alkanes of at least 4 members (excludes halogenated alkanes) is 4. The molecule has 1 aliphatic rings. The van der Waals surface area contributed by atoms with E-state index in [1.807, 2.05) is 16.7 Å². The van der Waals surface area contributed by atoms with Crippen LogP contribution in [0.2, 0.25) is 0 Å². The molecule has 0 aromatic carbocycles. The quantitative estimate of drug-likeness (QED) is 0.308. The molecule has 1 aromatic rings. The second-order valence-electron chi connectivity index (χ2n) is 6.46. The number of nitrogens with two attached hydrogens (primary N) is 1. The molecule has 0 saturated carbocycles. The predicted octanol–water partition coefficient (Wildman–Crippen LogP) is 3.99. The Balaban J connectivity index is 2.20. The molecular formula is C20H30N4O. The van der Waals surface area contributed by atoms with Crippen LogP contribution in [0.1, 0.15) is 68.6 Å². The summed E-state index contributed by atoms with van der Waals surface area (Å²) in [4.78, 5) is 16.8. The highest BCUT2D eigenvalue weighted by molar-refractivity contribution is 5.98. The monoisotopic (exact) mass is 342 g/mol. The molecule has 1 heterocycles. The number of hydrogen-bond donors (Lipinski definition) is 2. The van der Waals surface area contributed by atoms with Gasteiger partial charge < -0.3 is 4.57 Å². The lowest BCUT2D eigenvalue weighted by atomic mass is 10.1. The van der Waals surface area contributed by atoms with Gasteiger partial charge in [-0.05, 0) is 18.8 Å². The average molecular weight is 342 g/mol. The van der Waals surface area contributed by atoms with E-state index >= 15 is 0 Å². The molecular weight excluding hydrogens is 312 g/mol. The smallest absolute Gasteiger partial charge is 0.284 e. The number of nitrogens with zero attached hydrogens (tertiary/aromatic N) is 2. The molecule has 1 aliphatic carbocycles. The van der Waals surface area contributed by atoms with Crippen molar-refractivity contribution in [3.8, 4) is 0 Å². The molecule has 0 aliphatic heterocycles. The first kappa shape index (κ1) is 19.2. The van der Waals surface area contributed by atoms with Gasteiger partial charge in [0.15, 0.2) is 0 Å². The zero-order chi connectivity index (χ0) is 18.1. The summed E-state index contributed by atoms with van der Waals surface area (Å²) in [5.41, 5.74) is 4.43. The number of nitrogens with one attached hydrogen (secondary N) is 1. The summed E-state index contributed by atoms with van der Waals surface area (Å²) in [5.74, 6) is 5.53. The minimum atomic E-state index is -0.296. The van der Waals surface area contributed by atoms with Crippen LogP contribution in [0.4, 0.5) is 0 Å². The average Bonchev–Trinajstić information content (AvgIpc) is 2.90. The van der Waals surface area contributed by atoms with Crippen LogP contribution in [0.25, 0.3) is 5.57 Å². The molecule has 1 atom stereocenters. The van der Waals surface area contributed by atoms with Gasteiger partial charge in [-0.15, -0.1) is 0 Å². The van der Waals surface area contributed by atoms with E-state index in [1.165, 1.54) is 19.3 Å². The fourth-order valence-electron chi connectivity index (χ4n) is 3.03. The normalized spacial score (nSPS) is 16.6. The highest BCUT2D eigenvalue weighted by atomic mass is 16.2. The number of carbonyl (C=O) groups is 1. The summed E-state index contributed by atoms with van der Waals surface area (Å²) in [5, 5.41) is 0. The molecule has 0 radical (unpaired) electrons. The van der Waals surface area contributed by atoms with Gasteiger partial charge in [0.2, 0.25) is 0 Å². The summed E-state index contributed by atoms with van der Waals surface area (Å²) in [7, 11) is 0. The van der Waals surface area contributed by atoms with Crippen LogP contribution < -0.4 is 11.3 Å². The molecule has 0 bridgehead atoms. The molecule has 0 fully saturated rings. The molecule has 0 spiro atoms. The Morgan fingerprint density at radius 1 is 1.24 bits per heavy atom. The van der Waals surface area contributed by atoms with Crippen molar-refractivity contribution in [3.05, 3.63) is 48.1 Å². The number of rotatable bonds is 9. The third kappa shape index (κ3) is 5.16. The van der Waals surface area contributed by atoms with E-state index in [0.29, 0.717) is 17.3 Å². The third-order valence-corrected chi connectivity index (χ3v) is 4.59. The SMILES string of the molecule is CCCCCCCn1cnc(C2=CC=CC(CC)C=C2)c1C(=O)NN. The molecule has 1 aromatic heterocycles. The molecule has 136 valence electrons. The van der Waals surface area contributed by atoms with E-state index in [0.717, 1.165) is 31.4 Å². The fourth-order valence-corrected chi connectivity index (χ4v) is 3.03. The number of nitrogen functional groups attached to an aromatic ring is 1. The van der Waals surface area contributed by atoms with Crippen LogP contribution in [0.5, 0.6) is 0 Å². The van der Waals surface area contributed by atoms with Gasteiger partial charge in [-0.2, -0.15) is 0 Å². The van der Waals surface area contributed by atoms with E-state index < -0.39 is 0 Å². The third-order valence-electron chi connectivity index (χ3n) is 4.59. The standard InChI is InChI=1S/C20H30N4O/c1-3-5-6-7-8-14-24-15-22-18(19(24)20(25)23-21)17-11-9-10-16(4-2)12-13-17/h9-13,15-16H,3-8,14,21H2,1-2H3,(H,23,25). The summed E-state index contributed by atoms with van der Waals surface area (Å²) in [6.07, 6.45) is 19.1. The number of allylic oxidation sites excluding steroid dienone is 6. The Hall–Kier alpha value is -2.14. The maximum absolute atomic E-state index is 12.3. The van der Waals surface area contributed by atoms with Crippen molar-refractivity contribution in [1.82, 2.24) is 15.0 Å². The molecule has 1 amide bonds. The molecule has 5 heteroatoms. The zero-order valence-electron chi connectivity index (χ0n) is 15.4. The molecule has 5 nitrogen and oxygen atoms in total. The first-order valence-corrected chi connectivity index (χ1v) is 9.34. The van der Waals surface area contributed by atoms with E-state index in [4.69, 9.17) is 5.84 Å². The van der Waals surface area contributed by atoms with Crippen molar-refractivity contribution in [2.45, 2.75) is 58.9 Å². The summed E-state index contributed by atoms with van der Waals surface area (Å²) in [6.45, 7) is 5.14. The topological polar surface area (TPSA) is 72.9 Å². The van der Waals surface area contributed by atoms with Gasteiger partial charge in [0.05, 0.1) is 6.33 Å². The van der Waals surface area contributed by atoms with Gasteiger partial charge in [-0.25, -0.2) is 10.8 Å². The first-order valence-electron chi connectivity index (χ1n) is 9.34. The highest BCUT2D eigenvalue weighted by Crippen LogP contribution is 2.24. The van der Waals surface area contributed by atoms with E-state index in [-0.39, 0.29) is 5.91 Å². The minimum Gasteiger partial charge on any atom is -0.326 e. The maximum Gasteiger partial charge on any atom is 0.284 e. The van der Waals surface area contributed by atoms with Crippen LogP contribution in [-0.4, -0.2) is 15.5 Å². The molecule has 3 N–H and O–H groups in total. The largest absolute Gasteiger partial charge is 0.326 e. The second-order valence-corrected chi connectivity index (χ2v) is 6.46. The molecule has 2 rings (SSSR count). The van der Waals surface area contributed by atoms with Gasteiger partial charge in [0.1, 0.15) is 11.4 Å². The summed E-state index contributed by atoms with van der Waals surface area (Å²) in [6, 6.07) is 0. The van der Waals surface area contributed by atoms with Gasteiger partial charge in [-0.3, -0.25) is 10.2 Å². The Bertz CT molecular complexity index is 655. The van der Waals surface area contributed by atoms with Gasteiger partial charge >= 0.3 is 0 Å². The maximum atomic E-state index is 12.3. The summed E-state index contributed by atoms with van der Waals surface area (Å²) < 4.78 is 1.92. The Kier molecular flexibility index (Phi) is 7.67. The lowest BCUT2D eigenvalue weighted by Gasteiger charge is -2.09. The van der Waals surface area contributed by atoms with Gasteiger partial charge in [-0.1, -0.05) is 69.9 Å². The number of carbonyl (C=O) groups excluding carboxylic acids is 1. The van der Waals surface area contributed by atoms with Crippen LogP contribution in [0, 0.1) is 5.92 Å². The van der Waals surface area contributed by atoms with Crippen LogP contribution in [-0.2, 0) is 6.54 Å².